The van der Waals surface area contributed by atoms with Gasteiger partial charge in [-0.2, -0.15) is 9.78 Å². The summed E-state index contributed by atoms with van der Waals surface area (Å²) in [6.07, 6.45) is -0.507. The van der Waals surface area contributed by atoms with Gasteiger partial charge >= 0.3 is 6.09 Å². The molecule has 0 saturated heterocycles. The number of hydrogen-bond donors (Lipinski definition) is 1. The highest BCUT2D eigenvalue weighted by molar-refractivity contribution is 7.99. The summed E-state index contributed by atoms with van der Waals surface area (Å²) in [6.45, 7) is 7.27. The largest absolute Gasteiger partial charge is 0.497 e. The van der Waals surface area contributed by atoms with Crippen LogP contribution in [-0.4, -0.2) is 45.1 Å². The summed E-state index contributed by atoms with van der Waals surface area (Å²) in [7, 11) is 1.64. The molecule has 1 unspecified atom stereocenters. The van der Waals surface area contributed by atoms with E-state index in [0.717, 1.165) is 17.0 Å². The Morgan fingerprint density at radius 3 is 2.81 bits per heavy atom. The number of carbonyl (C=O) groups is 1. The molecule has 1 aliphatic rings. The SMILES string of the molecule is COc1cccc(C2=Nn3c(nnc3C(C)NC(=O)OC(C)(C)C)SC2)c1. The fraction of sp³-hybridized carbons (Fsp3) is 0.444. The number of hydrogen-bond acceptors (Lipinski definition) is 7. The van der Waals surface area contributed by atoms with Crippen molar-refractivity contribution >= 4 is 23.6 Å². The molecular formula is C18H23N5O3S. The van der Waals surface area contributed by atoms with E-state index in [1.54, 1.807) is 23.5 Å². The molecule has 0 spiro atoms. The number of thioether (sulfide) groups is 1. The van der Waals surface area contributed by atoms with Crippen molar-refractivity contribution in [2.75, 3.05) is 12.9 Å². The third-order valence-corrected chi connectivity index (χ3v) is 4.65. The van der Waals surface area contributed by atoms with Gasteiger partial charge in [-0.1, -0.05) is 23.9 Å². The van der Waals surface area contributed by atoms with E-state index in [2.05, 4.69) is 15.5 Å². The van der Waals surface area contributed by atoms with Crippen molar-refractivity contribution in [3.8, 4) is 5.75 Å². The summed E-state index contributed by atoms with van der Waals surface area (Å²) in [5.41, 5.74) is 1.29. The Morgan fingerprint density at radius 2 is 2.11 bits per heavy atom. The smallest absolute Gasteiger partial charge is 0.408 e. The highest BCUT2D eigenvalue weighted by Crippen LogP contribution is 2.27. The summed E-state index contributed by atoms with van der Waals surface area (Å²) < 4.78 is 12.3. The molecule has 2 aromatic rings. The first-order valence-electron chi connectivity index (χ1n) is 8.57. The monoisotopic (exact) mass is 389 g/mol. The molecule has 1 amide bonds. The maximum Gasteiger partial charge on any atom is 0.408 e. The minimum Gasteiger partial charge on any atom is -0.497 e. The number of nitrogens with zero attached hydrogens (tertiary/aromatic N) is 4. The number of aromatic nitrogens is 3. The van der Waals surface area contributed by atoms with Gasteiger partial charge in [0.2, 0.25) is 5.16 Å². The lowest BCUT2D eigenvalue weighted by molar-refractivity contribution is 0.0505. The Hall–Kier alpha value is -2.55. The maximum absolute atomic E-state index is 12.0. The standard InChI is InChI=1S/C18H23N5O3S/c1-11(19-17(24)26-18(2,3)4)15-20-21-16-23(15)22-14(10-27-16)12-7-6-8-13(9-12)25-5/h6-9,11H,10H2,1-5H3,(H,19,24). The lowest BCUT2D eigenvalue weighted by atomic mass is 10.1. The molecule has 8 nitrogen and oxygen atoms in total. The number of fused-ring (bicyclic) bond motifs is 1. The van der Waals surface area contributed by atoms with Crippen LogP contribution in [0, 0.1) is 0 Å². The molecule has 0 saturated carbocycles. The summed E-state index contributed by atoms with van der Waals surface area (Å²) in [4.78, 5) is 12.0. The zero-order valence-electron chi connectivity index (χ0n) is 16.0. The molecule has 9 heteroatoms. The van der Waals surface area contributed by atoms with E-state index >= 15 is 0 Å². The van der Waals surface area contributed by atoms with Crippen LogP contribution in [0.2, 0.25) is 0 Å². The highest BCUT2D eigenvalue weighted by Gasteiger charge is 2.25. The van der Waals surface area contributed by atoms with Crippen molar-refractivity contribution in [1.82, 2.24) is 20.2 Å². The molecule has 3 rings (SSSR count). The van der Waals surface area contributed by atoms with Gasteiger partial charge in [0.15, 0.2) is 5.82 Å². The average molecular weight is 389 g/mol. The summed E-state index contributed by atoms with van der Waals surface area (Å²) in [5.74, 6) is 2.00. The normalized spacial score (nSPS) is 14.8. The lowest BCUT2D eigenvalue weighted by Crippen LogP contribution is -2.35. The van der Waals surface area contributed by atoms with Crippen molar-refractivity contribution in [2.24, 2.45) is 5.10 Å². The molecule has 27 heavy (non-hydrogen) atoms. The third-order valence-electron chi connectivity index (χ3n) is 3.72. The molecule has 1 atom stereocenters. The zero-order chi connectivity index (χ0) is 19.6. The van der Waals surface area contributed by atoms with Gasteiger partial charge in [-0.25, -0.2) is 4.79 Å². The van der Waals surface area contributed by atoms with Crippen molar-refractivity contribution < 1.29 is 14.3 Å². The molecule has 2 heterocycles. The predicted octanol–water partition coefficient (Wildman–Crippen LogP) is 3.23. The fourth-order valence-electron chi connectivity index (χ4n) is 2.51. The van der Waals surface area contributed by atoms with Crippen molar-refractivity contribution in [1.29, 1.82) is 0 Å². The Labute approximate surface area is 162 Å². The first-order valence-corrected chi connectivity index (χ1v) is 9.55. The average Bonchev–Trinajstić information content (AvgIpc) is 3.03. The molecule has 1 N–H and O–H groups in total. The van der Waals surface area contributed by atoms with Crippen LogP contribution in [0.15, 0.2) is 34.5 Å². The Kier molecular flexibility index (Phi) is 5.41. The zero-order valence-corrected chi connectivity index (χ0v) is 16.8. The molecule has 1 aromatic carbocycles. The Balaban J connectivity index is 1.83. The summed E-state index contributed by atoms with van der Waals surface area (Å²) in [6, 6.07) is 7.34. The fourth-order valence-corrected chi connectivity index (χ4v) is 3.35. The van der Waals surface area contributed by atoms with E-state index in [1.165, 1.54) is 0 Å². The van der Waals surface area contributed by atoms with Gasteiger partial charge in [0.25, 0.3) is 0 Å². The number of ether oxygens (including phenoxy) is 2. The number of amides is 1. The third kappa shape index (κ3) is 4.60. The molecular weight excluding hydrogens is 366 g/mol. The highest BCUT2D eigenvalue weighted by atomic mass is 32.2. The Bertz CT molecular complexity index is 872. The number of alkyl carbamates (subject to hydrolysis) is 1. The molecule has 1 aromatic heterocycles. The van der Waals surface area contributed by atoms with E-state index in [0.29, 0.717) is 16.7 Å². The van der Waals surface area contributed by atoms with Gasteiger partial charge in [-0.05, 0) is 39.8 Å². The van der Waals surface area contributed by atoms with Crippen molar-refractivity contribution in [3.63, 3.8) is 0 Å². The lowest BCUT2D eigenvalue weighted by Gasteiger charge is -2.22. The van der Waals surface area contributed by atoms with E-state index in [4.69, 9.17) is 14.6 Å². The van der Waals surface area contributed by atoms with Crippen LogP contribution in [0.3, 0.4) is 0 Å². The van der Waals surface area contributed by atoms with Crippen molar-refractivity contribution in [3.05, 3.63) is 35.7 Å². The number of rotatable bonds is 4. The molecule has 0 radical (unpaired) electrons. The van der Waals surface area contributed by atoms with Crippen LogP contribution in [0.4, 0.5) is 4.79 Å². The molecule has 144 valence electrons. The number of carbonyl (C=O) groups excluding carboxylic acids is 1. The quantitative estimate of drug-likeness (QED) is 0.863. The van der Waals surface area contributed by atoms with E-state index in [-0.39, 0.29) is 0 Å². The minimum atomic E-state index is -0.568. The number of nitrogens with one attached hydrogen (secondary N) is 1. The van der Waals surface area contributed by atoms with Crippen LogP contribution >= 0.6 is 11.8 Å². The topological polar surface area (TPSA) is 90.6 Å². The predicted molar refractivity (Wildman–Crippen MR) is 103 cm³/mol. The molecule has 0 bridgehead atoms. The van der Waals surface area contributed by atoms with Gasteiger partial charge in [0.1, 0.15) is 11.4 Å². The Morgan fingerprint density at radius 1 is 1.33 bits per heavy atom. The van der Waals surface area contributed by atoms with Gasteiger partial charge in [-0.15, -0.1) is 10.2 Å². The van der Waals surface area contributed by atoms with Crippen LogP contribution < -0.4 is 10.1 Å². The van der Waals surface area contributed by atoms with E-state index < -0.39 is 17.7 Å². The second-order valence-corrected chi connectivity index (χ2v) is 8.03. The van der Waals surface area contributed by atoms with Gasteiger partial charge < -0.3 is 14.8 Å². The second-order valence-electron chi connectivity index (χ2n) is 7.09. The molecule has 0 aliphatic carbocycles. The van der Waals surface area contributed by atoms with Gasteiger partial charge in [-0.3, -0.25) is 0 Å². The van der Waals surface area contributed by atoms with E-state index in [9.17, 15) is 4.79 Å². The number of benzene rings is 1. The van der Waals surface area contributed by atoms with Crippen LogP contribution in [0.25, 0.3) is 0 Å². The van der Waals surface area contributed by atoms with Gasteiger partial charge in [0, 0.05) is 11.3 Å². The second kappa shape index (κ2) is 7.59. The first kappa shape index (κ1) is 19.2. The molecule has 0 fully saturated rings. The van der Waals surface area contributed by atoms with Crippen LogP contribution in [0.5, 0.6) is 5.75 Å². The summed E-state index contributed by atoms with van der Waals surface area (Å²) in [5, 5.41) is 16.5. The first-order chi connectivity index (χ1) is 12.8. The summed E-state index contributed by atoms with van der Waals surface area (Å²) >= 11 is 1.55. The van der Waals surface area contributed by atoms with Gasteiger partial charge in [0.05, 0.1) is 18.9 Å². The number of methoxy groups -OCH3 is 1. The minimum absolute atomic E-state index is 0.407. The maximum atomic E-state index is 12.0. The van der Waals surface area contributed by atoms with Crippen LogP contribution in [0.1, 0.15) is 45.1 Å². The van der Waals surface area contributed by atoms with Crippen LogP contribution in [-0.2, 0) is 4.74 Å². The molecule has 1 aliphatic heterocycles. The van der Waals surface area contributed by atoms with E-state index in [1.807, 2.05) is 52.0 Å². The van der Waals surface area contributed by atoms with Crippen molar-refractivity contribution in [2.45, 2.75) is 44.5 Å².